The normalized spacial score (nSPS) is 12.4. The SMILES string of the molecule is CCCC(CCO)CN=C(NCC)NCCNC(=O)c1cccc(OC)c1. The lowest BCUT2D eigenvalue weighted by Gasteiger charge is -2.15. The first kappa shape index (κ1) is 22.8. The molecule has 152 valence electrons. The van der Waals surface area contributed by atoms with Gasteiger partial charge >= 0.3 is 0 Å². The third-order valence-corrected chi connectivity index (χ3v) is 4.12. The van der Waals surface area contributed by atoms with Crippen LogP contribution in [0.25, 0.3) is 0 Å². The van der Waals surface area contributed by atoms with Gasteiger partial charge in [0.2, 0.25) is 0 Å². The van der Waals surface area contributed by atoms with E-state index in [1.807, 2.05) is 6.92 Å². The number of nitrogens with zero attached hydrogens (tertiary/aromatic N) is 1. The van der Waals surface area contributed by atoms with Gasteiger partial charge in [-0.15, -0.1) is 0 Å². The van der Waals surface area contributed by atoms with Crippen molar-refractivity contribution >= 4 is 11.9 Å². The predicted molar refractivity (Wildman–Crippen MR) is 109 cm³/mol. The van der Waals surface area contributed by atoms with Crippen molar-refractivity contribution in [1.29, 1.82) is 0 Å². The van der Waals surface area contributed by atoms with Gasteiger partial charge in [0.05, 0.1) is 7.11 Å². The Morgan fingerprint density at radius 2 is 1.96 bits per heavy atom. The number of carbonyl (C=O) groups excluding carboxylic acids is 1. The zero-order chi connectivity index (χ0) is 19.9. The molecule has 0 aliphatic rings. The van der Waals surface area contributed by atoms with Crippen molar-refractivity contribution in [2.75, 3.05) is 39.9 Å². The molecule has 0 radical (unpaired) electrons. The highest BCUT2D eigenvalue weighted by atomic mass is 16.5. The van der Waals surface area contributed by atoms with E-state index in [1.54, 1.807) is 31.4 Å². The van der Waals surface area contributed by atoms with Gasteiger partial charge in [0.25, 0.3) is 5.91 Å². The van der Waals surface area contributed by atoms with Gasteiger partial charge in [-0.1, -0.05) is 19.4 Å². The molecule has 1 atom stereocenters. The number of benzene rings is 1. The number of ether oxygens (including phenoxy) is 1. The second-order valence-electron chi connectivity index (χ2n) is 6.30. The van der Waals surface area contributed by atoms with Crippen LogP contribution in [0.3, 0.4) is 0 Å². The fourth-order valence-electron chi connectivity index (χ4n) is 2.70. The second kappa shape index (κ2) is 13.9. The van der Waals surface area contributed by atoms with E-state index in [0.29, 0.717) is 36.9 Å². The Morgan fingerprint density at radius 3 is 2.63 bits per heavy atom. The van der Waals surface area contributed by atoms with Gasteiger partial charge in [0, 0.05) is 38.3 Å². The Morgan fingerprint density at radius 1 is 1.19 bits per heavy atom. The number of hydrogen-bond acceptors (Lipinski definition) is 4. The minimum absolute atomic E-state index is 0.136. The number of aliphatic hydroxyl groups excluding tert-OH is 1. The summed E-state index contributed by atoms with van der Waals surface area (Å²) in [7, 11) is 1.58. The van der Waals surface area contributed by atoms with E-state index in [4.69, 9.17) is 9.84 Å². The van der Waals surface area contributed by atoms with Crippen LogP contribution in [0.4, 0.5) is 0 Å². The average Bonchev–Trinajstić information content (AvgIpc) is 2.69. The summed E-state index contributed by atoms with van der Waals surface area (Å²) in [5.41, 5.74) is 0.571. The zero-order valence-electron chi connectivity index (χ0n) is 16.8. The molecule has 0 aliphatic carbocycles. The molecule has 0 saturated heterocycles. The van der Waals surface area contributed by atoms with Crippen LogP contribution in [0.2, 0.25) is 0 Å². The first-order valence-corrected chi connectivity index (χ1v) is 9.69. The summed E-state index contributed by atoms with van der Waals surface area (Å²) >= 11 is 0. The maximum Gasteiger partial charge on any atom is 0.251 e. The minimum Gasteiger partial charge on any atom is -0.497 e. The number of aliphatic imine (C=N–C) groups is 1. The second-order valence-corrected chi connectivity index (χ2v) is 6.30. The van der Waals surface area contributed by atoms with Gasteiger partial charge in [-0.3, -0.25) is 9.79 Å². The Balaban J connectivity index is 2.44. The summed E-state index contributed by atoms with van der Waals surface area (Å²) in [6.07, 6.45) is 2.91. The standard InChI is InChI=1S/C20H34N4O3/c1-4-7-16(10-13-25)15-24-20(21-5-2)23-12-11-22-19(26)17-8-6-9-18(14-17)27-3/h6,8-9,14,16,25H,4-5,7,10-13,15H2,1-3H3,(H,22,26)(H2,21,23,24). The molecule has 7 heteroatoms. The number of guanidine groups is 1. The maximum absolute atomic E-state index is 12.2. The van der Waals surface area contributed by atoms with Crippen molar-refractivity contribution in [2.45, 2.75) is 33.1 Å². The maximum atomic E-state index is 12.2. The van der Waals surface area contributed by atoms with Crippen LogP contribution in [0, 0.1) is 5.92 Å². The molecule has 1 amide bonds. The lowest BCUT2D eigenvalue weighted by atomic mass is 10.0. The molecule has 0 bridgehead atoms. The Kier molecular flexibility index (Phi) is 11.7. The molecule has 1 aromatic rings. The summed E-state index contributed by atoms with van der Waals surface area (Å²) in [5, 5.41) is 18.5. The van der Waals surface area contributed by atoms with E-state index in [9.17, 15) is 4.79 Å². The van der Waals surface area contributed by atoms with Gasteiger partial charge in [0.15, 0.2) is 5.96 Å². The fourth-order valence-corrected chi connectivity index (χ4v) is 2.70. The van der Waals surface area contributed by atoms with Crippen LogP contribution >= 0.6 is 0 Å². The van der Waals surface area contributed by atoms with Crippen molar-refractivity contribution < 1.29 is 14.6 Å². The average molecular weight is 379 g/mol. The number of nitrogens with one attached hydrogen (secondary N) is 3. The van der Waals surface area contributed by atoms with Gasteiger partial charge < -0.3 is 25.8 Å². The number of carbonyl (C=O) groups is 1. The van der Waals surface area contributed by atoms with E-state index >= 15 is 0 Å². The number of aliphatic hydroxyl groups is 1. The van der Waals surface area contributed by atoms with Gasteiger partial charge in [-0.2, -0.15) is 0 Å². The summed E-state index contributed by atoms with van der Waals surface area (Å²) in [5.74, 6) is 1.64. The minimum atomic E-state index is -0.136. The number of hydrogen-bond donors (Lipinski definition) is 4. The topological polar surface area (TPSA) is 95.0 Å². The molecular weight excluding hydrogens is 344 g/mol. The molecule has 0 aromatic heterocycles. The first-order chi connectivity index (χ1) is 13.1. The summed E-state index contributed by atoms with van der Waals surface area (Å²) < 4.78 is 5.14. The summed E-state index contributed by atoms with van der Waals surface area (Å²) in [6.45, 7) is 6.85. The van der Waals surface area contributed by atoms with Crippen molar-refractivity contribution in [3.8, 4) is 5.75 Å². The molecule has 0 heterocycles. The number of rotatable bonds is 12. The van der Waals surface area contributed by atoms with Crippen molar-refractivity contribution in [3.63, 3.8) is 0 Å². The van der Waals surface area contributed by atoms with E-state index in [0.717, 1.165) is 31.8 Å². The third kappa shape index (κ3) is 9.28. The van der Waals surface area contributed by atoms with E-state index < -0.39 is 0 Å². The largest absolute Gasteiger partial charge is 0.497 e. The molecule has 0 fully saturated rings. The molecule has 0 aliphatic heterocycles. The van der Waals surface area contributed by atoms with Crippen LogP contribution < -0.4 is 20.7 Å². The molecular formula is C20H34N4O3. The fraction of sp³-hybridized carbons (Fsp3) is 0.600. The van der Waals surface area contributed by atoms with E-state index in [2.05, 4.69) is 27.9 Å². The Labute approximate surface area is 162 Å². The van der Waals surface area contributed by atoms with Crippen molar-refractivity contribution in [3.05, 3.63) is 29.8 Å². The first-order valence-electron chi connectivity index (χ1n) is 9.69. The van der Waals surface area contributed by atoms with Crippen LogP contribution in [-0.4, -0.2) is 56.9 Å². The molecule has 1 rings (SSSR count). The van der Waals surface area contributed by atoms with Crippen LogP contribution in [0.15, 0.2) is 29.3 Å². The molecule has 1 unspecified atom stereocenters. The molecule has 1 aromatic carbocycles. The van der Waals surface area contributed by atoms with Gasteiger partial charge in [0.1, 0.15) is 5.75 Å². The van der Waals surface area contributed by atoms with Crippen LogP contribution in [0.1, 0.15) is 43.5 Å². The molecule has 0 spiro atoms. The number of methoxy groups -OCH3 is 1. The zero-order valence-corrected chi connectivity index (χ0v) is 16.8. The van der Waals surface area contributed by atoms with Gasteiger partial charge in [-0.25, -0.2) is 0 Å². The van der Waals surface area contributed by atoms with Crippen LogP contribution in [0.5, 0.6) is 5.75 Å². The lowest BCUT2D eigenvalue weighted by molar-refractivity contribution is 0.0954. The highest BCUT2D eigenvalue weighted by Crippen LogP contribution is 2.12. The molecule has 4 N–H and O–H groups in total. The van der Waals surface area contributed by atoms with Gasteiger partial charge in [-0.05, 0) is 43.9 Å². The highest BCUT2D eigenvalue weighted by Gasteiger charge is 2.08. The Hall–Kier alpha value is -2.28. The van der Waals surface area contributed by atoms with Crippen molar-refractivity contribution in [1.82, 2.24) is 16.0 Å². The molecule has 7 nitrogen and oxygen atoms in total. The number of amides is 1. The van der Waals surface area contributed by atoms with Crippen molar-refractivity contribution in [2.24, 2.45) is 10.9 Å². The monoisotopic (exact) mass is 378 g/mol. The summed E-state index contributed by atoms with van der Waals surface area (Å²) in [4.78, 5) is 16.8. The highest BCUT2D eigenvalue weighted by molar-refractivity contribution is 5.94. The lowest BCUT2D eigenvalue weighted by Crippen LogP contribution is -2.41. The quantitative estimate of drug-likeness (QED) is 0.253. The van der Waals surface area contributed by atoms with E-state index in [-0.39, 0.29) is 12.5 Å². The smallest absolute Gasteiger partial charge is 0.251 e. The summed E-state index contributed by atoms with van der Waals surface area (Å²) in [6, 6.07) is 7.07. The molecule has 27 heavy (non-hydrogen) atoms. The predicted octanol–water partition coefficient (Wildman–Crippen LogP) is 1.78. The third-order valence-electron chi connectivity index (χ3n) is 4.12. The molecule has 0 saturated carbocycles. The Bertz CT molecular complexity index is 572. The van der Waals surface area contributed by atoms with Crippen LogP contribution in [-0.2, 0) is 0 Å². The van der Waals surface area contributed by atoms with E-state index in [1.165, 1.54) is 0 Å².